The van der Waals surface area contributed by atoms with Crippen molar-refractivity contribution < 1.29 is 17.9 Å². The number of carbonyl (C=O) groups excluding carboxylic acids is 1. The SMILES string of the molecule is NS(=O)(=O)c1cccc(NC(=O)COc2ccc3cc(Br)ccc3c2)c1. The van der Waals surface area contributed by atoms with Gasteiger partial charge >= 0.3 is 0 Å². The van der Waals surface area contributed by atoms with Gasteiger partial charge in [-0.2, -0.15) is 0 Å². The number of primary sulfonamides is 1. The number of rotatable bonds is 5. The first-order valence-electron chi connectivity index (χ1n) is 7.56. The minimum absolute atomic E-state index is 0.0723. The molecule has 0 unspecified atom stereocenters. The highest BCUT2D eigenvalue weighted by Crippen LogP contribution is 2.24. The molecule has 0 fully saturated rings. The Hall–Kier alpha value is -2.42. The normalized spacial score (nSPS) is 11.3. The van der Waals surface area contributed by atoms with Gasteiger partial charge in [0.25, 0.3) is 5.91 Å². The number of nitrogens with one attached hydrogen (secondary N) is 1. The van der Waals surface area contributed by atoms with Crippen molar-refractivity contribution in [2.24, 2.45) is 5.14 Å². The van der Waals surface area contributed by atoms with Crippen molar-refractivity contribution in [2.75, 3.05) is 11.9 Å². The molecule has 6 nitrogen and oxygen atoms in total. The molecular formula is C18H15BrN2O4S. The summed E-state index contributed by atoms with van der Waals surface area (Å²) >= 11 is 3.42. The molecule has 0 saturated heterocycles. The maximum atomic E-state index is 12.0. The Morgan fingerprint density at radius 1 is 1.04 bits per heavy atom. The zero-order valence-corrected chi connectivity index (χ0v) is 15.9. The maximum absolute atomic E-state index is 12.0. The molecule has 0 aliphatic carbocycles. The van der Waals surface area contributed by atoms with Gasteiger partial charge in [-0.25, -0.2) is 13.6 Å². The van der Waals surface area contributed by atoms with Crippen molar-refractivity contribution in [3.05, 3.63) is 65.1 Å². The number of ether oxygens (including phenoxy) is 1. The van der Waals surface area contributed by atoms with Crippen LogP contribution >= 0.6 is 15.9 Å². The van der Waals surface area contributed by atoms with Crippen LogP contribution in [0.1, 0.15) is 0 Å². The third kappa shape index (κ3) is 4.60. The molecule has 0 spiro atoms. The summed E-state index contributed by atoms with van der Waals surface area (Å²) < 4.78 is 29.2. The predicted octanol–water partition coefficient (Wildman–Crippen LogP) is 3.27. The van der Waals surface area contributed by atoms with Crippen LogP contribution in [-0.2, 0) is 14.8 Å². The van der Waals surface area contributed by atoms with Gasteiger partial charge in [-0.3, -0.25) is 4.79 Å². The lowest BCUT2D eigenvalue weighted by Crippen LogP contribution is -2.20. The Kier molecular flexibility index (Phi) is 5.26. The fourth-order valence-corrected chi connectivity index (χ4v) is 3.32. The van der Waals surface area contributed by atoms with Crippen molar-refractivity contribution in [1.29, 1.82) is 0 Å². The molecule has 3 aromatic carbocycles. The molecule has 0 aromatic heterocycles. The van der Waals surface area contributed by atoms with Gasteiger partial charge < -0.3 is 10.1 Å². The van der Waals surface area contributed by atoms with Crippen LogP contribution in [0.2, 0.25) is 0 Å². The van der Waals surface area contributed by atoms with Crippen LogP contribution in [0.25, 0.3) is 10.8 Å². The molecular weight excluding hydrogens is 420 g/mol. The maximum Gasteiger partial charge on any atom is 0.262 e. The van der Waals surface area contributed by atoms with Crippen LogP contribution in [0.3, 0.4) is 0 Å². The number of benzene rings is 3. The zero-order chi connectivity index (χ0) is 18.7. The molecule has 0 atom stereocenters. The highest BCUT2D eigenvalue weighted by molar-refractivity contribution is 9.10. The smallest absolute Gasteiger partial charge is 0.262 e. The van der Waals surface area contributed by atoms with Crippen LogP contribution in [0.5, 0.6) is 5.75 Å². The quantitative estimate of drug-likeness (QED) is 0.643. The summed E-state index contributed by atoms with van der Waals surface area (Å²) in [6, 6.07) is 17.1. The summed E-state index contributed by atoms with van der Waals surface area (Å²) in [6.45, 7) is -0.207. The van der Waals surface area contributed by atoms with Gasteiger partial charge in [0.2, 0.25) is 10.0 Å². The molecule has 26 heavy (non-hydrogen) atoms. The molecule has 1 amide bonds. The highest BCUT2D eigenvalue weighted by atomic mass is 79.9. The van der Waals surface area contributed by atoms with Crippen molar-refractivity contribution in [3.8, 4) is 5.75 Å². The molecule has 3 aromatic rings. The van der Waals surface area contributed by atoms with Crippen LogP contribution in [0.15, 0.2) is 70.0 Å². The average Bonchev–Trinajstić information content (AvgIpc) is 2.59. The van der Waals surface area contributed by atoms with Gasteiger partial charge in [0.15, 0.2) is 6.61 Å². The van der Waals surface area contributed by atoms with E-state index in [2.05, 4.69) is 21.2 Å². The summed E-state index contributed by atoms with van der Waals surface area (Å²) in [5.74, 6) is 0.153. The fourth-order valence-electron chi connectivity index (χ4n) is 2.38. The third-order valence-electron chi connectivity index (χ3n) is 3.59. The number of fused-ring (bicyclic) bond motifs is 1. The molecule has 0 aliphatic rings. The zero-order valence-electron chi connectivity index (χ0n) is 13.5. The Morgan fingerprint density at radius 3 is 2.54 bits per heavy atom. The third-order valence-corrected chi connectivity index (χ3v) is 4.99. The Bertz CT molecular complexity index is 1080. The van der Waals surface area contributed by atoms with Crippen LogP contribution in [-0.4, -0.2) is 20.9 Å². The number of anilines is 1. The van der Waals surface area contributed by atoms with Crippen LogP contribution in [0, 0.1) is 0 Å². The molecule has 3 rings (SSSR count). The van der Waals surface area contributed by atoms with Gasteiger partial charge in [0.1, 0.15) is 5.75 Å². The van der Waals surface area contributed by atoms with E-state index in [4.69, 9.17) is 9.88 Å². The Labute approximate surface area is 159 Å². The van der Waals surface area contributed by atoms with Gasteiger partial charge in [-0.15, -0.1) is 0 Å². The molecule has 8 heteroatoms. The van der Waals surface area contributed by atoms with Gasteiger partial charge in [0.05, 0.1) is 4.90 Å². The number of halogens is 1. The number of hydrogen-bond donors (Lipinski definition) is 2. The van der Waals surface area contributed by atoms with E-state index in [9.17, 15) is 13.2 Å². The average molecular weight is 435 g/mol. The standard InChI is InChI=1S/C18H15BrN2O4S/c19-14-6-4-13-9-16(7-5-12(13)8-14)25-11-18(22)21-15-2-1-3-17(10-15)26(20,23)24/h1-10H,11H2,(H,21,22)(H2,20,23,24). The number of sulfonamides is 1. The lowest BCUT2D eigenvalue weighted by Gasteiger charge is -2.09. The summed E-state index contributed by atoms with van der Waals surface area (Å²) in [7, 11) is -3.83. The summed E-state index contributed by atoms with van der Waals surface area (Å²) in [5, 5.41) is 9.70. The molecule has 0 aliphatic heterocycles. The number of nitrogens with two attached hydrogens (primary N) is 1. The largest absolute Gasteiger partial charge is 0.484 e. The molecule has 3 N–H and O–H groups in total. The Balaban J connectivity index is 1.65. The lowest BCUT2D eigenvalue weighted by atomic mass is 10.1. The van der Waals surface area contributed by atoms with Gasteiger partial charge in [-0.05, 0) is 53.2 Å². The second kappa shape index (κ2) is 7.45. The second-order valence-corrected chi connectivity index (χ2v) is 8.04. The van der Waals surface area contributed by atoms with E-state index in [1.165, 1.54) is 18.2 Å². The van der Waals surface area contributed by atoms with E-state index in [0.717, 1.165) is 15.2 Å². The first-order chi connectivity index (χ1) is 12.3. The first-order valence-corrected chi connectivity index (χ1v) is 9.90. The topological polar surface area (TPSA) is 98.5 Å². The number of hydrogen-bond acceptors (Lipinski definition) is 4. The summed E-state index contributed by atoms with van der Waals surface area (Å²) in [6.07, 6.45) is 0. The molecule has 0 radical (unpaired) electrons. The summed E-state index contributed by atoms with van der Waals surface area (Å²) in [5.41, 5.74) is 0.327. The highest BCUT2D eigenvalue weighted by Gasteiger charge is 2.10. The number of amides is 1. The van der Waals surface area contributed by atoms with E-state index in [1.807, 2.05) is 30.3 Å². The van der Waals surface area contributed by atoms with E-state index in [0.29, 0.717) is 11.4 Å². The monoisotopic (exact) mass is 434 g/mol. The van der Waals surface area contributed by atoms with E-state index >= 15 is 0 Å². The van der Waals surface area contributed by atoms with Gasteiger partial charge in [-0.1, -0.05) is 34.1 Å². The number of carbonyl (C=O) groups is 1. The molecule has 0 saturated carbocycles. The molecule has 0 heterocycles. The Morgan fingerprint density at radius 2 is 1.77 bits per heavy atom. The van der Waals surface area contributed by atoms with Crippen molar-refractivity contribution >= 4 is 48.3 Å². The first kappa shape index (κ1) is 18.4. The van der Waals surface area contributed by atoms with Crippen LogP contribution < -0.4 is 15.2 Å². The van der Waals surface area contributed by atoms with Gasteiger partial charge in [0, 0.05) is 10.2 Å². The predicted molar refractivity (Wildman–Crippen MR) is 104 cm³/mol. The van der Waals surface area contributed by atoms with E-state index in [1.54, 1.807) is 12.1 Å². The summed E-state index contributed by atoms with van der Waals surface area (Å²) in [4.78, 5) is 12.0. The fraction of sp³-hybridized carbons (Fsp3) is 0.0556. The molecule has 0 bridgehead atoms. The van der Waals surface area contributed by atoms with Crippen molar-refractivity contribution in [3.63, 3.8) is 0 Å². The van der Waals surface area contributed by atoms with E-state index in [-0.39, 0.29) is 11.5 Å². The second-order valence-electron chi connectivity index (χ2n) is 5.56. The minimum Gasteiger partial charge on any atom is -0.484 e. The van der Waals surface area contributed by atoms with Crippen molar-refractivity contribution in [2.45, 2.75) is 4.90 Å². The lowest BCUT2D eigenvalue weighted by molar-refractivity contribution is -0.118. The van der Waals surface area contributed by atoms with E-state index < -0.39 is 15.9 Å². The minimum atomic E-state index is -3.83. The van der Waals surface area contributed by atoms with Crippen molar-refractivity contribution in [1.82, 2.24) is 0 Å². The molecule has 134 valence electrons. The van der Waals surface area contributed by atoms with Crippen LogP contribution in [0.4, 0.5) is 5.69 Å².